The first-order valence-electron chi connectivity index (χ1n) is 8.35. The van der Waals surface area contributed by atoms with E-state index in [4.69, 9.17) is 0 Å². The Hall–Kier alpha value is -1.89. The largest absolute Gasteiger partial charge is 0.342 e. The molecule has 1 saturated heterocycles. The molecule has 7 heteroatoms. The summed E-state index contributed by atoms with van der Waals surface area (Å²) >= 11 is 1.42. The summed E-state index contributed by atoms with van der Waals surface area (Å²) in [7, 11) is 1.79. The van der Waals surface area contributed by atoms with Crippen LogP contribution in [0.25, 0.3) is 0 Å². The van der Waals surface area contributed by atoms with E-state index in [1.165, 1.54) is 17.3 Å². The van der Waals surface area contributed by atoms with Crippen molar-refractivity contribution < 1.29 is 4.79 Å². The highest BCUT2D eigenvalue weighted by Gasteiger charge is 2.27. The second-order valence-corrected chi connectivity index (χ2v) is 7.61. The van der Waals surface area contributed by atoms with E-state index in [0.29, 0.717) is 11.1 Å². The minimum absolute atomic E-state index is 0.166. The average molecular weight is 345 g/mol. The van der Waals surface area contributed by atoms with Crippen LogP contribution in [0.1, 0.15) is 25.3 Å². The van der Waals surface area contributed by atoms with Crippen LogP contribution in [0.4, 0.5) is 0 Å². The SMILES string of the molecule is C[C@@H](Sc1nnnn1C)C(=O)N1CCC(Cc2ccccc2)CC1. The molecule has 0 spiro atoms. The zero-order valence-electron chi connectivity index (χ0n) is 14.1. The molecule has 0 N–H and O–H groups in total. The van der Waals surface area contributed by atoms with Gasteiger partial charge in [-0.3, -0.25) is 4.79 Å². The van der Waals surface area contributed by atoms with Crippen molar-refractivity contribution in [1.29, 1.82) is 0 Å². The fraction of sp³-hybridized carbons (Fsp3) is 0.529. The Morgan fingerprint density at radius 1 is 1.29 bits per heavy atom. The molecule has 2 heterocycles. The lowest BCUT2D eigenvalue weighted by Gasteiger charge is -2.33. The fourth-order valence-electron chi connectivity index (χ4n) is 3.09. The van der Waals surface area contributed by atoms with E-state index in [9.17, 15) is 4.79 Å². The molecule has 1 amide bonds. The minimum atomic E-state index is -0.166. The molecule has 1 aliphatic rings. The van der Waals surface area contributed by atoms with E-state index in [1.54, 1.807) is 11.7 Å². The normalized spacial score (nSPS) is 17.0. The number of nitrogens with zero attached hydrogens (tertiary/aromatic N) is 5. The lowest BCUT2D eigenvalue weighted by atomic mass is 9.90. The maximum absolute atomic E-state index is 12.6. The summed E-state index contributed by atoms with van der Waals surface area (Å²) in [6.07, 6.45) is 3.25. The molecule has 0 radical (unpaired) electrons. The summed E-state index contributed by atoms with van der Waals surface area (Å²) in [6.45, 7) is 3.62. The maximum Gasteiger partial charge on any atom is 0.235 e. The number of aromatic nitrogens is 4. The number of carbonyl (C=O) groups is 1. The molecule has 1 aromatic heterocycles. The van der Waals surface area contributed by atoms with E-state index in [0.717, 1.165) is 32.4 Å². The van der Waals surface area contributed by atoms with Crippen LogP contribution in [0.2, 0.25) is 0 Å². The van der Waals surface area contributed by atoms with E-state index >= 15 is 0 Å². The van der Waals surface area contributed by atoms with Gasteiger partial charge < -0.3 is 4.90 Å². The van der Waals surface area contributed by atoms with Crippen LogP contribution in [0.15, 0.2) is 35.5 Å². The summed E-state index contributed by atoms with van der Waals surface area (Å²) < 4.78 is 1.60. The minimum Gasteiger partial charge on any atom is -0.342 e. The van der Waals surface area contributed by atoms with Gasteiger partial charge >= 0.3 is 0 Å². The summed E-state index contributed by atoms with van der Waals surface area (Å²) in [4.78, 5) is 14.6. The molecule has 0 unspecified atom stereocenters. The second-order valence-electron chi connectivity index (χ2n) is 6.30. The predicted molar refractivity (Wildman–Crippen MR) is 93.6 cm³/mol. The van der Waals surface area contributed by atoms with E-state index in [-0.39, 0.29) is 11.2 Å². The van der Waals surface area contributed by atoms with Crippen LogP contribution in [0, 0.1) is 5.92 Å². The van der Waals surface area contributed by atoms with Gasteiger partial charge in [0.2, 0.25) is 11.1 Å². The molecule has 1 aliphatic heterocycles. The Bertz CT molecular complexity index is 667. The average Bonchev–Trinajstić information content (AvgIpc) is 3.00. The van der Waals surface area contributed by atoms with Crippen LogP contribution in [0.3, 0.4) is 0 Å². The number of rotatable bonds is 5. The van der Waals surface area contributed by atoms with Gasteiger partial charge in [-0.25, -0.2) is 4.68 Å². The third kappa shape index (κ3) is 4.14. The highest BCUT2D eigenvalue weighted by molar-refractivity contribution is 8.00. The first-order valence-corrected chi connectivity index (χ1v) is 9.23. The van der Waals surface area contributed by atoms with Crippen molar-refractivity contribution in [2.45, 2.75) is 36.6 Å². The number of thioether (sulfide) groups is 1. The third-order valence-corrected chi connectivity index (χ3v) is 5.62. The first kappa shape index (κ1) is 17.0. The highest BCUT2D eigenvalue weighted by atomic mass is 32.2. The standard InChI is InChI=1S/C17H23N5OS/c1-13(24-17-18-19-20-21(17)2)16(23)22-10-8-15(9-11-22)12-14-6-4-3-5-7-14/h3-7,13,15H,8-12H2,1-2H3/t13-/m1/s1. The summed E-state index contributed by atoms with van der Waals surface area (Å²) in [6, 6.07) is 10.6. The van der Waals surface area contributed by atoms with Gasteiger partial charge in [0.05, 0.1) is 5.25 Å². The van der Waals surface area contributed by atoms with E-state index in [1.807, 2.05) is 11.8 Å². The Balaban J connectivity index is 1.49. The fourth-order valence-corrected chi connectivity index (χ4v) is 3.93. The first-order chi connectivity index (χ1) is 11.6. The molecule has 1 fully saturated rings. The lowest BCUT2D eigenvalue weighted by molar-refractivity contribution is -0.131. The molecular weight excluding hydrogens is 322 g/mol. The van der Waals surface area contributed by atoms with Gasteiger partial charge in [-0.05, 0) is 48.1 Å². The zero-order chi connectivity index (χ0) is 16.9. The summed E-state index contributed by atoms with van der Waals surface area (Å²) in [5, 5.41) is 11.9. The Morgan fingerprint density at radius 3 is 2.62 bits per heavy atom. The van der Waals surface area contributed by atoms with Crippen LogP contribution in [-0.4, -0.2) is 49.4 Å². The molecule has 0 bridgehead atoms. The Kier molecular flexibility index (Phi) is 5.50. The van der Waals surface area contributed by atoms with Crippen LogP contribution in [0.5, 0.6) is 0 Å². The van der Waals surface area contributed by atoms with Gasteiger partial charge in [0, 0.05) is 20.1 Å². The van der Waals surface area contributed by atoms with Crippen LogP contribution < -0.4 is 0 Å². The van der Waals surface area contributed by atoms with Gasteiger partial charge in [0.15, 0.2) is 0 Å². The Morgan fingerprint density at radius 2 is 2.00 bits per heavy atom. The predicted octanol–water partition coefficient (Wildman–Crippen LogP) is 2.17. The molecule has 0 aliphatic carbocycles. The topological polar surface area (TPSA) is 63.9 Å². The monoisotopic (exact) mass is 345 g/mol. The lowest BCUT2D eigenvalue weighted by Crippen LogP contribution is -2.42. The van der Waals surface area contributed by atoms with E-state index < -0.39 is 0 Å². The van der Waals surface area contributed by atoms with Gasteiger partial charge in [0.25, 0.3) is 0 Å². The number of piperidine rings is 1. The van der Waals surface area contributed by atoms with Gasteiger partial charge in [-0.2, -0.15) is 0 Å². The van der Waals surface area contributed by atoms with Gasteiger partial charge in [-0.15, -0.1) is 5.10 Å². The van der Waals surface area contributed by atoms with Crippen molar-refractivity contribution in [3.05, 3.63) is 35.9 Å². The number of hydrogen-bond acceptors (Lipinski definition) is 5. The molecule has 2 aromatic rings. The molecule has 24 heavy (non-hydrogen) atoms. The number of amides is 1. The number of aryl methyl sites for hydroxylation is 1. The molecule has 6 nitrogen and oxygen atoms in total. The quantitative estimate of drug-likeness (QED) is 0.777. The van der Waals surface area contributed by atoms with Crippen molar-refractivity contribution in [2.24, 2.45) is 13.0 Å². The molecule has 3 rings (SSSR count). The number of likely N-dealkylation sites (tertiary alicyclic amines) is 1. The van der Waals surface area contributed by atoms with Crippen molar-refractivity contribution >= 4 is 17.7 Å². The molecule has 128 valence electrons. The van der Waals surface area contributed by atoms with Gasteiger partial charge in [0.1, 0.15) is 0 Å². The van der Waals surface area contributed by atoms with Crippen LogP contribution >= 0.6 is 11.8 Å². The van der Waals surface area contributed by atoms with Crippen molar-refractivity contribution in [2.75, 3.05) is 13.1 Å². The third-order valence-electron chi connectivity index (χ3n) is 4.50. The number of carbonyl (C=O) groups excluding carboxylic acids is 1. The number of tetrazole rings is 1. The van der Waals surface area contributed by atoms with Crippen molar-refractivity contribution in [1.82, 2.24) is 25.1 Å². The Labute approximate surface area is 146 Å². The van der Waals surface area contributed by atoms with E-state index in [2.05, 4.69) is 45.9 Å². The molecule has 1 aromatic carbocycles. The zero-order valence-corrected chi connectivity index (χ0v) is 14.9. The maximum atomic E-state index is 12.6. The molecule has 1 atom stereocenters. The number of hydrogen-bond donors (Lipinski definition) is 0. The number of benzene rings is 1. The summed E-state index contributed by atoms with van der Waals surface area (Å²) in [5.41, 5.74) is 1.39. The molecule has 0 saturated carbocycles. The van der Waals surface area contributed by atoms with Crippen molar-refractivity contribution in [3.8, 4) is 0 Å². The van der Waals surface area contributed by atoms with Crippen molar-refractivity contribution in [3.63, 3.8) is 0 Å². The van der Waals surface area contributed by atoms with Crippen LogP contribution in [-0.2, 0) is 18.3 Å². The van der Waals surface area contributed by atoms with Gasteiger partial charge in [-0.1, -0.05) is 42.1 Å². The smallest absolute Gasteiger partial charge is 0.235 e. The summed E-state index contributed by atoms with van der Waals surface area (Å²) in [5.74, 6) is 0.850. The highest BCUT2D eigenvalue weighted by Crippen LogP contribution is 2.25. The second kappa shape index (κ2) is 7.79. The molecular formula is C17H23N5OS.